The maximum absolute atomic E-state index is 13.6. The van der Waals surface area contributed by atoms with Gasteiger partial charge in [0.05, 0.1) is 25.5 Å². The first-order valence-electron chi connectivity index (χ1n) is 12.6. The highest BCUT2D eigenvalue weighted by Crippen LogP contribution is 2.30. The van der Waals surface area contributed by atoms with Crippen molar-refractivity contribution in [3.8, 4) is 5.75 Å². The van der Waals surface area contributed by atoms with E-state index in [1.165, 1.54) is 0 Å². The maximum Gasteiger partial charge on any atom is 0.230 e. The van der Waals surface area contributed by atoms with Crippen LogP contribution in [0.15, 0.2) is 54.6 Å². The van der Waals surface area contributed by atoms with Gasteiger partial charge in [0.25, 0.3) is 0 Å². The van der Waals surface area contributed by atoms with Crippen LogP contribution in [-0.2, 0) is 14.3 Å². The van der Waals surface area contributed by atoms with Gasteiger partial charge in [-0.1, -0.05) is 54.9 Å². The fourth-order valence-corrected chi connectivity index (χ4v) is 5.22. The van der Waals surface area contributed by atoms with Gasteiger partial charge in [0.15, 0.2) is 0 Å². The first-order valence-corrected chi connectivity index (χ1v) is 13.0. The number of benzene rings is 2. The van der Waals surface area contributed by atoms with Gasteiger partial charge in [-0.3, -0.25) is 9.59 Å². The zero-order chi connectivity index (χ0) is 24.7. The molecule has 2 aliphatic heterocycles. The first kappa shape index (κ1) is 25.5. The lowest BCUT2D eigenvalue weighted by atomic mass is 9.92. The molecular formula is C28H35ClN2O4. The average molecular weight is 499 g/mol. The summed E-state index contributed by atoms with van der Waals surface area (Å²) in [6.45, 7) is 4.93. The van der Waals surface area contributed by atoms with Crippen molar-refractivity contribution in [2.24, 2.45) is 0 Å². The zero-order valence-electron chi connectivity index (χ0n) is 20.5. The molecular weight excluding hydrogens is 464 g/mol. The van der Waals surface area contributed by atoms with Gasteiger partial charge in [-0.25, -0.2) is 0 Å². The van der Waals surface area contributed by atoms with Crippen molar-refractivity contribution in [2.75, 3.05) is 39.4 Å². The zero-order valence-corrected chi connectivity index (χ0v) is 21.2. The van der Waals surface area contributed by atoms with Gasteiger partial charge >= 0.3 is 0 Å². The van der Waals surface area contributed by atoms with Crippen LogP contribution in [0.1, 0.15) is 50.5 Å². The van der Waals surface area contributed by atoms with Crippen LogP contribution in [-0.4, -0.2) is 66.6 Å². The Hall–Kier alpha value is -2.57. The highest BCUT2D eigenvalue weighted by molar-refractivity contribution is 6.30. The van der Waals surface area contributed by atoms with Gasteiger partial charge < -0.3 is 19.3 Å². The van der Waals surface area contributed by atoms with E-state index < -0.39 is 5.60 Å². The van der Waals surface area contributed by atoms with Gasteiger partial charge in [0.1, 0.15) is 18.0 Å². The summed E-state index contributed by atoms with van der Waals surface area (Å²) in [5.41, 5.74) is 0.0939. The molecule has 2 heterocycles. The Morgan fingerprint density at radius 2 is 1.80 bits per heavy atom. The monoisotopic (exact) mass is 498 g/mol. The second-order valence-corrected chi connectivity index (χ2v) is 9.96. The molecule has 0 aromatic heterocycles. The lowest BCUT2D eigenvalue weighted by molar-refractivity contribution is -0.167. The summed E-state index contributed by atoms with van der Waals surface area (Å²) < 4.78 is 12.4. The Labute approximate surface area is 213 Å². The molecule has 2 fully saturated rings. The summed E-state index contributed by atoms with van der Waals surface area (Å²) in [6, 6.07) is 17.1. The van der Waals surface area contributed by atoms with E-state index in [0.717, 1.165) is 37.9 Å². The predicted molar refractivity (Wildman–Crippen MR) is 137 cm³/mol. The van der Waals surface area contributed by atoms with E-state index in [0.29, 0.717) is 36.9 Å². The highest BCUT2D eigenvalue weighted by atomic mass is 35.5. The molecule has 0 aliphatic carbocycles. The maximum atomic E-state index is 13.6. The van der Waals surface area contributed by atoms with Crippen LogP contribution in [0.25, 0.3) is 0 Å². The third-order valence-electron chi connectivity index (χ3n) is 6.95. The van der Waals surface area contributed by atoms with Crippen LogP contribution in [0, 0.1) is 0 Å². The third-order valence-corrected chi connectivity index (χ3v) is 7.18. The Bertz CT molecular complexity index is 995. The fraction of sp³-hybridized carbons (Fsp3) is 0.500. The average Bonchev–Trinajstić information content (AvgIpc) is 2.89. The van der Waals surface area contributed by atoms with Crippen LogP contribution < -0.4 is 4.74 Å². The first-order chi connectivity index (χ1) is 17.0. The predicted octanol–water partition coefficient (Wildman–Crippen LogP) is 4.91. The number of hydrogen-bond acceptors (Lipinski definition) is 4. The molecule has 0 spiro atoms. The Kier molecular flexibility index (Phi) is 8.69. The summed E-state index contributed by atoms with van der Waals surface area (Å²) in [6.07, 6.45) is 4.10. The SMILES string of the molecule is CCC(C(=O)N1CCOC(COc2cccc(Cl)c2)(CC(=O)N2CCCCC2)C1)c1ccccc1. The van der Waals surface area contributed by atoms with Gasteiger partial charge in [0.2, 0.25) is 11.8 Å². The fourth-order valence-electron chi connectivity index (χ4n) is 5.04. The molecule has 2 unspecified atom stereocenters. The molecule has 7 heteroatoms. The summed E-state index contributed by atoms with van der Waals surface area (Å²) in [4.78, 5) is 30.7. The molecule has 0 radical (unpaired) electrons. The molecule has 0 N–H and O–H groups in total. The smallest absolute Gasteiger partial charge is 0.230 e. The van der Waals surface area contributed by atoms with E-state index >= 15 is 0 Å². The van der Waals surface area contributed by atoms with Crippen molar-refractivity contribution >= 4 is 23.4 Å². The van der Waals surface area contributed by atoms with Crippen LogP contribution in [0.3, 0.4) is 0 Å². The summed E-state index contributed by atoms with van der Waals surface area (Å²) >= 11 is 6.14. The molecule has 2 amide bonds. The molecule has 2 aliphatic rings. The number of likely N-dealkylation sites (tertiary alicyclic amines) is 1. The van der Waals surface area contributed by atoms with Crippen molar-refractivity contribution < 1.29 is 19.1 Å². The number of halogens is 1. The molecule has 2 aromatic carbocycles. The quantitative estimate of drug-likeness (QED) is 0.518. The molecule has 2 saturated heterocycles. The number of hydrogen-bond donors (Lipinski definition) is 0. The molecule has 2 aromatic rings. The topological polar surface area (TPSA) is 59.1 Å². The molecule has 0 saturated carbocycles. The van der Waals surface area contributed by atoms with E-state index in [2.05, 4.69) is 0 Å². The van der Waals surface area contributed by atoms with Crippen molar-refractivity contribution in [3.63, 3.8) is 0 Å². The van der Waals surface area contributed by atoms with E-state index in [1.807, 2.05) is 59.2 Å². The number of carbonyl (C=O) groups excluding carboxylic acids is 2. The van der Waals surface area contributed by atoms with E-state index in [9.17, 15) is 9.59 Å². The number of piperidine rings is 1. The highest BCUT2D eigenvalue weighted by Gasteiger charge is 2.43. The lowest BCUT2D eigenvalue weighted by Crippen LogP contribution is -2.59. The molecule has 6 nitrogen and oxygen atoms in total. The van der Waals surface area contributed by atoms with Gasteiger partial charge in [-0.05, 0) is 49.4 Å². The second-order valence-electron chi connectivity index (χ2n) is 9.53. The Morgan fingerprint density at radius 1 is 1.03 bits per heavy atom. The second kappa shape index (κ2) is 11.9. The standard InChI is InChI=1S/C28H35ClN2O4/c1-2-25(22-10-5-3-6-11-22)27(33)31-16-17-35-28(20-31,19-26(32)30-14-7-4-8-15-30)21-34-24-13-9-12-23(29)18-24/h3,5-6,9-13,18,25H,2,4,7-8,14-17,19-21H2,1H3. The normalized spacial score (nSPS) is 21.4. The number of nitrogens with zero attached hydrogens (tertiary/aromatic N) is 2. The van der Waals surface area contributed by atoms with Gasteiger partial charge in [-0.2, -0.15) is 0 Å². The summed E-state index contributed by atoms with van der Waals surface area (Å²) in [5.74, 6) is 0.520. The van der Waals surface area contributed by atoms with Crippen molar-refractivity contribution in [2.45, 2.75) is 50.5 Å². The molecule has 35 heavy (non-hydrogen) atoms. The number of amides is 2. The number of carbonyl (C=O) groups is 2. The minimum Gasteiger partial charge on any atom is -0.490 e. The van der Waals surface area contributed by atoms with Gasteiger partial charge in [-0.15, -0.1) is 0 Å². The molecule has 0 bridgehead atoms. The molecule has 188 valence electrons. The minimum atomic E-state index is -0.917. The van der Waals surface area contributed by atoms with Crippen molar-refractivity contribution in [1.82, 2.24) is 9.80 Å². The minimum absolute atomic E-state index is 0.0591. The molecule has 4 rings (SSSR count). The third kappa shape index (κ3) is 6.56. The van der Waals surface area contributed by atoms with Crippen LogP contribution in [0.2, 0.25) is 5.02 Å². The Morgan fingerprint density at radius 3 is 2.51 bits per heavy atom. The number of morpholine rings is 1. The van der Waals surface area contributed by atoms with Crippen LogP contribution >= 0.6 is 11.6 Å². The van der Waals surface area contributed by atoms with Gasteiger partial charge in [0, 0.05) is 24.7 Å². The van der Waals surface area contributed by atoms with E-state index in [-0.39, 0.29) is 30.8 Å². The van der Waals surface area contributed by atoms with Crippen LogP contribution in [0.4, 0.5) is 0 Å². The molecule has 2 atom stereocenters. The number of ether oxygens (including phenoxy) is 2. The summed E-state index contributed by atoms with van der Waals surface area (Å²) in [7, 11) is 0. The summed E-state index contributed by atoms with van der Waals surface area (Å²) in [5, 5.41) is 0.580. The number of rotatable bonds is 8. The lowest BCUT2D eigenvalue weighted by Gasteiger charge is -2.44. The Balaban J connectivity index is 1.53. The largest absolute Gasteiger partial charge is 0.490 e. The van der Waals surface area contributed by atoms with Crippen LogP contribution in [0.5, 0.6) is 5.75 Å². The van der Waals surface area contributed by atoms with Crippen molar-refractivity contribution in [3.05, 3.63) is 65.2 Å². The van der Waals surface area contributed by atoms with E-state index in [4.69, 9.17) is 21.1 Å². The van der Waals surface area contributed by atoms with Crippen molar-refractivity contribution in [1.29, 1.82) is 0 Å². The van der Waals surface area contributed by atoms with E-state index in [1.54, 1.807) is 12.1 Å².